The van der Waals surface area contributed by atoms with Gasteiger partial charge in [-0.25, -0.2) is 0 Å². The van der Waals surface area contributed by atoms with Gasteiger partial charge < -0.3 is 9.52 Å². The molecule has 7 aromatic rings. The van der Waals surface area contributed by atoms with Crippen LogP contribution in [0.15, 0.2) is 4.42 Å². The Hall–Kier alpha value is -3.33. The van der Waals surface area contributed by atoms with Gasteiger partial charge in [-0.3, -0.25) is 0 Å². The van der Waals surface area contributed by atoms with E-state index in [0.29, 0.717) is 0 Å². The number of phenolic OH excluding ortho intramolecular Hbond substituents is 1. The van der Waals surface area contributed by atoms with E-state index in [9.17, 15) is 5.11 Å². The lowest BCUT2D eigenvalue weighted by atomic mass is 9.56. The van der Waals surface area contributed by atoms with E-state index in [2.05, 4.69) is 0 Å². The second-order valence-corrected chi connectivity index (χ2v) is 12.7. The average Bonchev–Trinajstić information content (AvgIpc) is 3.54. The van der Waals surface area contributed by atoms with Crippen LogP contribution in [0.2, 0.25) is 0 Å². The Labute approximate surface area is 332 Å². The van der Waals surface area contributed by atoms with Crippen molar-refractivity contribution in [3.05, 3.63) is 0 Å². The van der Waals surface area contributed by atoms with Crippen LogP contribution >= 0.6 is 0 Å². The minimum Gasteiger partial charge on any atom is -0.509 e. The Kier molecular flexibility index (Phi) is 9.03. The normalized spacial score (nSPS) is 11.8. The van der Waals surface area contributed by atoms with Gasteiger partial charge >= 0.3 is 0 Å². The second-order valence-electron chi connectivity index (χ2n) is 12.7. The molecule has 7 rings (SSSR count). The van der Waals surface area contributed by atoms with Gasteiger partial charge in [-0.2, -0.15) is 0 Å². The number of fused-ring (bicyclic) bond motifs is 5. The largest absolute Gasteiger partial charge is 0.509 e. The molecule has 0 spiro atoms. The molecule has 0 amide bonds. The first-order valence-corrected chi connectivity index (χ1v) is 15.4. The molecule has 38 radical (unpaired) electrons. The van der Waals surface area contributed by atoms with Crippen LogP contribution in [0.1, 0.15) is 0 Å². The Bertz CT molecular complexity index is 2790. The lowest BCUT2D eigenvalue weighted by Gasteiger charge is -2.32. The summed E-state index contributed by atoms with van der Waals surface area (Å²) in [5.74, 6) is -0.512. The smallest absolute Gasteiger partial charge is 0.131 e. The van der Waals surface area contributed by atoms with E-state index < -0.39 is 5.75 Å². The van der Waals surface area contributed by atoms with E-state index in [-0.39, 0.29) is 170 Å². The molecule has 0 fully saturated rings. The van der Waals surface area contributed by atoms with Gasteiger partial charge in [-0.15, -0.1) is 38.2 Å². The van der Waals surface area contributed by atoms with E-state index in [1.807, 2.05) is 0 Å². The number of hydrogen-bond acceptors (Lipinski definition) is 2. The summed E-state index contributed by atoms with van der Waals surface area (Å²) in [7, 11) is 125. The molecular weight excluding hydrogens is 622 g/mol. The molecule has 0 saturated heterocycles. The molecule has 0 aliphatic heterocycles. The molecule has 53 heavy (non-hydrogen) atoms. The molecule has 1 heterocycles. The third kappa shape index (κ3) is 4.80. The Balaban J connectivity index is 1.91. The van der Waals surface area contributed by atoms with Crippen LogP contribution in [0.25, 0.3) is 65.7 Å². The summed E-state index contributed by atoms with van der Waals surface area (Å²) in [6.07, 6.45) is 0. The fraction of sp³-hybridized carbons (Fsp3) is 0. The van der Waals surface area contributed by atoms with Crippen molar-refractivity contribution in [1.82, 2.24) is 0 Å². The van der Waals surface area contributed by atoms with Crippen LogP contribution in [0, 0.1) is 0 Å². The lowest BCUT2D eigenvalue weighted by molar-refractivity contribution is 0.484. The highest BCUT2D eigenvalue weighted by Gasteiger charge is 2.29. The minimum atomic E-state index is -0.512. The molecule has 6 aromatic carbocycles. The number of phenols is 1. The molecule has 0 saturated carbocycles. The third-order valence-electron chi connectivity index (χ3n) is 10.1. The summed E-state index contributed by atoms with van der Waals surface area (Å²) in [5, 5.41) is 11.1. The molecule has 0 atom stereocenters. The topological polar surface area (TPSA) is 33.4 Å². The van der Waals surface area contributed by atoms with Gasteiger partial charge in [0.1, 0.15) is 166 Å². The molecule has 21 heteroatoms. The van der Waals surface area contributed by atoms with Crippen molar-refractivity contribution in [2.24, 2.45) is 0 Å². The second kappa shape index (κ2) is 12.6. The maximum atomic E-state index is 10.6. The molecule has 1 N–H and O–H groups in total. The predicted molar refractivity (Wildman–Crippen MR) is 244 cm³/mol. The molecule has 2 nitrogen and oxygen atoms in total. The first-order chi connectivity index (χ1) is 24.7. The fourth-order valence-corrected chi connectivity index (χ4v) is 7.20. The zero-order chi connectivity index (χ0) is 39.2. The van der Waals surface area contributed by atoms with E-state index in [4.69, 9.17) is 153 Å². The van der Waals surface area contributed by atoms with Crippen molar-refractivity contribution in [2.75, 3.05) is 0 Å². The van der Waals surface area contributed by atoms with Crippen molar-refractivity contribution in [3.63, 3.8) is 0 Å². The maximum absolute atomic E-state index is 10.6. The third-order valence-corrected chi connectivity index (χ3v) is 10.1. The average molecular weight is 623 g/mol. The summed E-state index contributed by atoms with van der Waals surface area (Å²) in [4.78, 5) is 0. The van der Waals surface area contributed by atoms with Crippen molar-refractivity contribution < 1.29 is 9.52 Å². The van der Waals surface area contributed by atoms with Crippen LogP contribution in [0.3, 0.4) is 0 Å². The molecule has 0 unspecified atom stereocenters. The van der Waals surface area contributed by atoms with E-state index in [1.54, 1.807) is 0 Å². The number of hydrogen-bond donors (Lipinski definition) is 1. The number of furan rings is 1. The molecular formula is C32HB19O2. The molecule has 1 aromatic heterocycles. The number of benzene rings is 6. The first kappa shape index (κ1) is 38.0. The zero-order valence-corrected chi connectivity index (χ0v) is 27.8. The summed E-state index contributed by atoms with van der Waals surface area (Å²) in [5.41, 5.74) is -2.45. The number of aromatic hydroxyl groups is 1. The zero-order valence-electron chi connectivity index (χ0n) is 27.8. The van der Waals surface area contributed by atoms with Crippen molar-refractivity contribution >= 4 is 296 Å². The Morgan fingerprint density at radius 2 is 0.491 bits per heavy atom. The summed E-state index contributed by atoms with van der Waals surface area (Å²) in [6.45, 7) is 0. The van der Waals surface area contributed by atoms with Gasteiger partial charge in [0.25, 0.3) is 0 Å². The van der Waals surface area contributed by atoms with E-state index in [1.165, 1.54) is 0 Å². The van der Waals surface area contributed by atoms with E-state index in [0.717, 1.165) is 0 Å². The van der Waals surface area contributed by atoms with Crippen LogP contribution in [-0.2, 0) is 0 Å². The van der Waals surface area contributed by atoms with Gasteiger partial charge in [-0.1, -0.05) is 60.1 Å². The summed E-state index contributed by atoms with van der Waals surface area (Å²) < 4.78 is 6.02. The van der Waals surface area contributed by atoms with Crippen LogP contribution in [-0.4, -0.2) is 154 Å². The highest BCUT2D eigenvalue weighted by Crippen LogP contribution is 2.39. The van der Waals surface area contributed by atoms with Crippen molar-refractivity contribution in [2.45, 2.75) is 0 Å². The quantitative estimate of drug-likeness (QED) is 0.154. The predicted octanol–water partition coefficient (Wildman–Crippen LogP) is -14.0. The Morgan fingerprint density at radius 3 is 0.887 bits per heavy atom. The summed E-state index contributed by atoms with van der Waals surface area (Å²) >= 11 is 0. The Morgan fingerprint density at radius 1 is 0.226 bits per heavy atom. The van der Waals surface area contributed by atoms with Crippen LogP contribution in [0.4, 0.5) is 0 Å². The SMILES string of the molecule is [B]c1c([B])c([B])c(-c2c3c([B])c([B])c([B])c([B])c3c(-c3c([B])c([B])c4oc5c([B])c(O)c([B])c([B])c5c4c3[B])c3c([B])c([B])c([B])c([B])c23)c([B])c1[B]. The fourth-order valence-electron chi connectivity index (χ4n) is 7.20. The molecule has 0 aliphatic carbocycles. The van der Waals surface area contributed by atoms with E-state index >= 15 is 0 Å². The molecule has 0 bridgehead atoms. The highest BCUT2D eigenvalue weighted by molar-refractivity contribution is 6.75. The van der Waals surface area contributed by atoms with Crippen molar-refractivity contribution in [3.8, 4) is 28.0 Å². The van der Waals surface area contributed by atoms with Gasteiger partial charge in [0.05, 0.1) is 0 Å². The standard InChI is InChI=1S/C32HB19O2/c33-11-7(18(40)28(50)31-9(11)10-19(41)27(49)30(52)29(51)32(10)53-31)1-3-5(14(36)22(44)20(42)12(3)34)2(6-4(1)13(35)21(43)23(45)15(6)37)8-16(38)24(46)26(48)25(47)17(8)39/h52H. The number of rotatable bonds is 2. The van der Waals surface area contributed by atoms with Gasteiger partial charge in [0.2, 0.25) is 0 Å². The van der Waals surface area contributed by atoms with Crippen LogP contribution < -0.4 is 104 Å². The lowest BCUT2D eigenvalue weighted by Crippen LogP contribution is -2.55. The van der Waals surface area contributed by atoms with Gasteiger partial charge in [0, 0.05) is 10.8 Å². The van der Waals surface area contributed by atoms with Gasteiger partial charge in [0.15, 0.2) is 0 Å². The first-order valence-electron chi connectivity index (χ1n) is 15.4. The van der Waals surface area contributed by atoms with Crippen molar-refractivity contribution in [1.29, 1.82) is 0 Å². The monoisotopic (exact) mass is 626 g/mol. The van der Waals surface area contributed by atoms with Gasteiger partial charge in [-0.05, 0) is 49.3 Å². The highest BCUT2D eigenvalue weighted by atomic mass is 16.3. The maximum Gasteiger partial charge on any atom is 0.131 e. The van der Waals surface area contributed by atoms with Crippen LogP contribution in [0.5, 0.6) is 5.75 Å². The minimum absolute atomic E-state index is 0.00619. The molecule has 0 aliphatic rings. The summed E-state index contributed by atoms with van der Waals surface area (Å²) in [6, 6.07) is 0. The molecule has 198 valence electrons.